The number of benzene rings is 1. The minimum atomic E-state index is -3.13. The van der Waals surface area contributed by atoms with E-state index in [0.29, 0.717) is 38.0 Å². The van der Waals surface area contributed by atoms with Gasteiger partial charge in [0, 0.05) is 48.2 Å². The lowest BCUT2D eigenvalue weighted by molar-refractivity contribution is 0.122. The summed E-state index contributed by atoms with van der Waals surface area (Å²) < 4.78 is 31.5. The molecule has 2 aliphatic heterocycles. The molecule has 5 heterocycles. The van der Waals surface area contributed by atoms with Crippen LogP contribution in [-0.4, -0.2) is 73.3 Å². The Morgan fingerprint density at radius 1 is 1.03 bits per heavy atom. The maximum atomic E-state index is 12.1. The van der Waals surface area contributed by atoms with Crippen LogP contribution < -0.4 is 4.90 Å². The topological polar surface area (TPSA) is 88.5 Å². The molecule has 2 fully saturated rings. The second-order valence-corrected chi connectivity index (χ2v) is 13.8. The molecular formula is C29H35N5O3S2. The Morgan fingerprint density at radius 3 is 2.72 bits per heavy atom. The normalized spacial score (nSPS) is 19.8. The van der Waals surface area contributed by atoms with Crippen LogP contribution in [0.5, 0.6) is 0 Å². The average molecular weight is 566 g/mol. The first-order chi connectivity index (χ1) is 18.9. The van der Waals surface area contributed by atoms with Crippen molar-refractivity contribution in [3.8, 4) is 11.4 Å². The molecule has 39 heavy (non-hydrogen) atoms. The first-order valence-corrected chi connectivity index (χ1v) is 16.5. The number of para-hydroxylation sites is 1. The van der Waals surface area contributed by atoms with E-state index in [-0.39, 0.29) is 0 Å². The molecule has 0 N–H and O–H groups in total. The number of thiophene rings is 1. The fourth-order valence-electron chi connectivity index (χ4n) is 5.69. The predicted molar refractivity (Wildman–Crippen MR) is 158 cm³/mol. The van der Waals surface area contributed by atoms with Gasteiger partial charge in [-0.25, -0.2) is 22.7 Å². The third kappa shape index (κ3) is 6.09. The van der Waals surface area contributed by atoms with Gasteiger partial charge in [-0.15, -0.1) is 11.3 Å². The lowest BCUT2D eigenvalue weighted by Crippen LogP contribution is -2.37. The zero-order valence-corrected chi connectivity index (χ0v) is 24.0. The van der Waals surface area contributed by atoms with Crippen molar-refractivity contribution in [1.29, 1.82) is 0 Å². The number of hydrogen-bond donors (Lipinski definition) is 0. The van der Waals surface area contributed by atoms with Crippen LogP contribution in [0.1, 0.15) is 37.0 Å². The highest BCUT2D eigenvalue weighted by Gasteiger charge is 2.23. The van der Waals surface area contributed by atoms with Crippen molar-refractivity contribution < 1.29 is 13.2 Å². The molecule has 0 amide bonds. The number of aryl methyl sites for hydroxylation is 1. The largest absolute Gasteiger partial charge is 0.378 e. The van der Waals surface area contributed by atoms with E-state index in [0.717, 1.165) is 77.7 Å². The first kappa shape index (κ1) is 26.6. The summed E-state index contributed by atoms with van der Waals surface area (Å²) in [5.74, 6) is 2.21. The van der Waals surface area contributed by atoms with Crippen molar-refractivity contribution in [3.63, 3.8) is 0 Å². The Morgan fingerprint density at radius 2 is 1.87 bits per heavy atom. The van der Waals surface area contributed by atoms with Gasteiger partial charge in [0.2, 0.25) is 10.0 Å². The van der Waals surface area contributed by atoms with E-state index in [1.165, 1.54) is 17.6 Å². The molecule has 2 aliphatic rings. The number of anilines is 1. The molecule has 0 saturated carbocycles. The molecule has 0 radical (unpaired) electrons. The minimum Gasteiger partial charge on any atom is -0.378 e. The van der Waals surface area contributed by atoms with E-state index in [1.807, 2.05) is 24.4 Å². The van der Waals surface area contributed by atoms with Crippen molar-refractivity contribution in [3.05, 3.63) is 47.5 Å². The maximum absolute atomic E-state index is 12.1. The van der Waals surface area contributed by atoms with Gasteiger partial charge in [0.15, 0.2) is 5.82 Å². The highest BCUT2D eigenvalue weighted by Crippen LogP contribution is 2.35. The van der Waals surface area contributed by atoms with Crippen LogP contribution in [0.2, 0.25) is 0 Å². The van der Waals surface area contributed by atoms with Crippen molar-refractivity contribution in [2.24, 2.45) is 5.92 Å². The van der Waals surface area contributed by atoms with Gasteiger partial charge in [-0.1, -0.05) is 31.0 Å². The maximum Gasteiger partial charge on any atom is 0.211 e. The van der Waals surface area contributed by atoms with Gasteiger partial charge in [-0.2, -0.15) is 0 Å². The SMILES string of the molecule is CS(=O)(=O)N1CCCCC(CCc2cc3c(N4CCOCC4)nc(-c4cnc5ccccc5c4)nc3s2)CC1. The van der Waals surface area contributed by atoms with Gasteiger partial charge >= 0.3 is 0 Å². The summed E-state index contributed by atoms with van der Waals surface area (Å²) in [6.45, 7) is 4.30. The molecule has 2 saturated heterocycles. The molecule has 6 rings (SSSR count). The number of aromatic nitrogens is 3. The Kier molecular flexibility index (Phi) is 7.79. The Labute approximate surface area is 234 Å². The highest BCUT2D eigenvalue weighted by molar-refractivity contribution is 7.88. The fourth-order valence-corrected chi connectivity index (χ4v) is 7.62. The summed E-state index contributed by atoms with van der Waals surface area (Å²) in [6, 6.07) is 12.5. The number of pyridine rings is 1. The quantitative estimate of drug-likeness (QED) is 0.320. The molecule has 0 aliphatic carbocycles. The number of hydrogen-bond acceptors (Lipinski definition) is 8. The van der Waals surface area contributed by atoms with Gasteiger partial charge < -0.3 is 9.64 Å². The summed E-state index contributed by atoms with van der Waals surface area (Å²) >= 11 is 1.75. The van der Waals surface area contributed by atoms with Crippen LogP contribution >= 0.6 is 11.3 Å². The Balaban J connectivity index is 1.27. The standard InChI is InChI=1S/C29H35N5O3S2/c1-39(35,36)34-12-5-4-6-21(11-13-34)9-10-24-19-25-28(33-14-16-37-17-15-33)31-27(32-29(25)38-24)23-18-22-7-2-3-8-26(22)30-20-23/h2-3,7-8,18-21H,4-6,9-17H2,1H3. The molecule has 10 heteroatoms. The summed E-state index contributed by atoms with van der Waals surface area (Å²) in [5, 5.41) is 2.18. The average Bonchev–Trinajstić information content (AvgIpc) is 3.34. The lowest BCUT2D eigenvalue weighted by atomic mass is 9.92. The molecule has 206 valence electrons. The summed E-state index contributed by atoms with van der Waals surface area (Å²) in [7, 11) is -3.13. The fraction of sp³-hybridized carbons (Fsp3) is 0.483. The van der Waals surface area contributed by atoms with E-state index < -0.39 is 10.0 Å². The van der Waals surface area contributed by atoms with Crippen LogP contribution in [0.3, 0.4) is 0 Å². The molecule has 3 aromatic heterocycles. The van der Waals surface area contributed by atoms with Crippen molar-refractivity contribution in [2.45, 2.75) is 38.5 Å². The number of morpholine rings is 1. The molecule has 0 spiro atoms. The number of nitrogens with zero attached hydrogens (tertiary/aromatic N) is 5. The molecule has 1 aromatic carbocycles. The smallest absolute Gasteiger partial charge is 0.211 e. The number of fused-ring (bicyclic) bond motifs is 2. The van der Waals surface area contributed by atoms with Crippen molar-refractivity contribution >= 4 is 48.3 Å². The summed E-state index contributed by atoms with van der Waals surface area (Å²) in [6.07, 6.45) is 9.35. The van der Waals surface area contributed by atoms with E-state index in [1.54, 1.807) is 15.6 Å². The predicted octanol–water partition coefficient (Wildman–Crippen LogP) is 5.13. The van der Waals surface area contributed by atoms with Gasteiger partial charge in [-0.05, 0) is 49.8 Å². The first-order valence-electron chi connectivity index (χ1n) is 13.9. The van der Waals surface area contributed by atoms with E-state index in [9.17, 15) is 8.42 Å². The molecule has 8 nitrogen and oxygen atoms in total. The summed E-state index contributed by atoms with van der Waals surface area (Å²) in [5.41, 5.74) is 1.88. The zero-order chi connectivity index (χ0) is 26.8. The minimum absolute atomic E-state index is 0.531. The van der Waals surface area contributed by atoms with Crippen LogP contribution in [0.15, 0.2) is 42.6 Å². The highest BCUT2D eigenvalue weighted by atomic mass is 32.2. The molecular weight excluding hydrogens is 530 g/mol. The van der Waals surface area contributed by atoms with Crippen LogP contribution in [-0.2, 0) is 21.2 Å². The number of sulfonamides is 1. The van der Waals surface area contributed by atoms with Gasteiger partial charge in [0.25, 0.3) is 0 Å². The Bertz CT molecular complexity index is 1570. The molecule has 0 bridgehead atoms. The van der Waals surface area contributed by atoms with Crippen molar-refractivity contribution in [1.82, 2.24) is 19.3 Å². The van der Waals surface area contributed by atoms with E-state index in [2.05, 4.69) is 28.1 Å². The van der Waals surface area contributed by atoms with Gasteiger partial charge in [-0.3, -0.25) is 4.98 Å². The number of ether oxygens (including phenoxy) is 1. The Hall–Kier alpha value is -2.66. The molecule has 1 unspecified atom stereocenters. The van der Waals surface area contributed by atoms with Crippen LogP contribution in [0.25, 0.3) is 32.5 Å². The zero-order valence-electron chi connectivity index (χ0n) is 22.4. The summed E-state index contributed by atoms with van der Waals surface area (Å²) in [4.78, 5) is 19.4. The van der Waals surface area contributed by atoms with Gasteiger partial charge in [0.05, 0.1) is 30.4 Å². The third-order valence-electron chi connectivity index (χ3n) is 7.91. The van der Waals surface area contributed by atoms with E-state index in [4.69, 9.17) is 14.7 Å². The van der Waals surface area contributed by atoms with Gasteiger partial charge in [0.1, 0.15) is 10.6 Å². The lowest BCUT2D eigenvalue weighted by Gasteiger charge is -2.28. The van der Waals surface area contributed by atoms with Crippen molar-refractivity contribution in [2.75, 3.05) is 50.5 Å². The molecule has 1 atom stereocenters. The number of rotatable bonds is 6. The molecule has 4 aromatic rings. The third-order valence-corrected chi connectivity index (χ3v) is 10.3. The second kappa shape index (κ2) is 11.4. The van der Waals surface area contributed by atoms with Crippen LogP contribution in [0.4, 0.5) is 5.82 Å². The van der Waals surface area contributed by atoms with E-state index >= 15 is 0 Å². The monoisotopic (exact) mass is 565 g/mol. The second-order valence-electron chi connectivity index (χ2n) is 10.7. The van der Waals surface area contributed by atoms with Crippen LogP contribution in [0, 0.1) is 5.92 Å².